The molecule has 58 valence electrons. The summed E-state index contributed by atoms with van der Waals surface area (Å²) in [5.41, 5.74) is 0. The van der Waals surface area contributed by atoms with E-state index in [1.807, 2.05) is 7.05 Å². The normalized spacial score (nSPS) is 8.82. The van der Waals surface area contributed by atoms with Crippen molar-refractivity contribution in [3.8, 4) is 11.8 Å². The lowest BCUT2D eigenvalue weighted by Crippen LogP contribution is -2.04. The van der Waals surface area contributed by atoms with Crippen LogP contribution in [-0.4, -0.2) is 13.6 Å². The third-order valence-corrected chi connectivity index (χ3v) is 2.11. The highest BCUT2D eigenvalue weighted by atomic mass is 32.1. The van der Waals surface area contributed by atoms with E-state index in [2.05, 4.69) is 34.7 Å². The first-order chi connectivity index (χ1) is 5.43. The van der Waals surface area contributed by atoms with Crippen LogP contribution in [0.5, 0.6) is 0 Å². The molecule has 0 spiro atoms. The molecule has 0 bridgehead atoms. The molecule has 1 heterocycles. The SMILES string of the molecule is CNCC#CCc1cccs1. The molecular formula is C9H11NS. The Kier molecular flexibility index (Phi) is 3.74. The summed E-state index contributed by atoms with van der Waals surface area (Å²) in [6, 6.07) is 4.17. The summed E-state index contributed by atoms with van der Waals surface area (Å²) in [7, 11) is 1.90. The van der Waals surface area contributed by atoms with Crippen molar-refractivity contribution in [2.75, 3.05) is 13.6 Å². The van der Waals surface area contributed by atoms with Gasteiger partial charge in [-0.2, -0.15) is 0 Å². The molecule has 0 aromatic carbocycles. The lowest BCUT2D eigenvalue weighted by Gasteiger charge is -1.84. The Morgan fingerprint density at radius 2 is 2.45 bits per heavy atom. The Balaban J connectivity index is 2.30. The van der Waals surface area contributed by atoms with E-state index >= 15 is 0 Å². The quantitative estimate of drug-likeness (QED) is 0.655. The summed E-state index contributed by atoms with van der Waals surface area (Å²) < 4.78 is 0. The van der Waals surface area contributed by atoms with Crippen LogP contribution in [0, 0.1) is 11.8 Å². The molecule has 0 aliphatic rings. The van der Waals surface area contributed by atoms with Crippen molar-refractivity contribution in [3.05, 3.63) is 22.4 Å². The van der Waals surface area contributed by atoms with Gasteiger partial charge < -0.3 is 5.32 Å². The second-order valence-electron chi connectivity index (χ2n) is 2.14. The molecule has 0 fully saturated rings. The fourth-order valence-electron chi connectivity index (χ4n) is 0.714. The minimum absolute atomic E-state index is 0.783. The molecule has 0 atom stereocenters. The van der Waals surface area contributed by atoms with Crippen molar-refractivity contribution in [2.24, 2.45) is 0 Å². The van der Waals surface area contributed by atoms with Crippen molar-refractivity contribution in [1.82, 2.24) is 5.32 Å². The van der Waals surface area contributed by atoms with Gasteiger partial charge in [-0.25, -0.2) is 0 Å². The van der Waals surface area contributed by atoms with Gasteiger partial charge in [0, 0.05) is 11.3 Å². The monoisotopic (exact) mass is 165 g/mol. The van der Waals surface area contributed by atoms with E-state index in [1.54, 1.807) is 11.3 Å². The lowest BCUT2D eigenvalue weighted by molar-refractivity contribution is 0.937. The van der Waals surface area contributed by atoms with Crippen molar-refractivity contribution >= 4 is 11.3 Å². The van der Waals surface area contributed by atoms with Crippen LogP contribution >= 0.6 is 11.3 Å². The van der Waals surface area contributed by atoms with Gasteiger partial charge in [-0.1, -0.05) is 17.9 Å². The second-order valence-corrected chi connectivity index (χ2v) is 3.17. The number of thiophene rings is 1. The van der Waals surface area contributed by atoms with Gasteiger partial charge in [-0.3, -0.25) is 0 Å². The molecule has 0 saturated carbocycles. The zero-order valence-corrected chi connectivity index (χ0v) is 7.37. The number of rotatable bonds is 2. The van der Waals surface area contributed by atoms with Crippen molar-refractivity contribution < 1.29 is 0 Å². The van der Waals surface area contributed by atoms with Crippen LogP contribution in [0.1, 0.15) is 4.88 Å². The Bertz CT molecular complexity index is 240. The van der Waals surface area contributed by atoms with Crippen LogP contribution in [0.25, 0.3) is 0 Å². The number of hydrogen-bond donors (Lipinski definition) is 1. The Labute approximate surface area is 71.4 Å². The van der Waals surface area contributed by atoms with Gasteiger partial charge in [0.2, 0.25) is 0 Å². The smallest absolute Gasteiger partial charge is 0.0574 e. The van der Waals surface area contributed by atoms with E-state index in [0.717, 1.165) is 13.0 Å². The summed E-state index contributed by atoms with van der Waals surface area (Å²) in [6.07, 6.45) is 0.888. The molecule has 11 heavy (non-hydrogen) atoms. The zero-order chi connectivity index (χ0) is 7.94. The summed E-state index contributed by atoms with van der Waals surface area (Å²) >= 11 is 1.76. The van der Waals surface area contributed by atoms with E-state index in [9.17, 15) is 0 Å². The van der Waals surface area contributed by atoms with E-state index in [0.29, 0.717) is 0 Å². The highest BCUT2D eigenvalue weighted by Crippen LogP contribution is 2.07. The molecular weight excluding hydrogens is 154 g/mol. The molecule has 0 aliphatic carbocycles. The minimum Gasteiger partial charge on any atom is -0.309 e. The Morgan fingerprint density at radius 3 is 3.09 bits per heavy atom. The highest BCUT2D eigenvalue weighted by molar-refractivity contribution is 7.09. The largest absolute Gasteiger partial charge is 0.309 e. The van der Waals surface area contributed by atoms with Gasteiger partial charge >= 0.3 is 0 Å². The van der Waals surface area contributed by atoms with Gasteiger partial charge in [-0.05, 0) is 18.5 Å². The van der Waals surface area contributed by atoms with E-state index in [-0.39, 0.29) is 0 Å². The van der Waals surface area contributed by atoms with Crippen LogP contribution in [0.2, 0.25) is 0 Å². The topological polar surface area (TPSA) is 12.0 Å². The zero-order valence-electron chi connectivity index (χ0n) is 6.55. The van der Waals surface area contributed by atoms with E-state index in [4.69, 9.17) is 0 Å². The van der Waals surface area contributed by atoms with Crippen LogP contribution in [-0.2, 0) is 6.42 Å². The number of hydrogen-bond acceptors (Lipinski definition) is 2. The highest BCUT2D eigenvalue weighted by Gasteiger charge is 1.86. The van der Waals surface area contributed by atoms with Crippen LogP contribution in [0.15, 0.2) is 17.5 Å². The van der Waals surface area contributed by atoms with Gasteiger partial charge in [0.25, 0.3) is 0 Å². The maximum Gasteiger partial charge on any atom is 0.0574 e. The summed E-state index contributed by atoms with van der Waals surface area (Å²) in [5, 5.41) is 5.06. The Hall–Kier alpha value is -0.780. The average Bonchev–Trinajstić information content (AvgIpc) is 2.50. The third kappa shape index (κ3) is 3.22. The van der Waals surface area contributed by atoms with Gasteiger partial charge in [0.15, 0.2) is 0 Å². The predicted octanol–water partition coefficient (Wildman–Crippen LogP) is 1.51. The summed E-state index contributed by atoms with van der Waals surface area (Å²) in [5.74, 6) is 6.11. The van der Waals surface area contributed by atoms with Gasteiger partial charge in [-0.15, -0.1) is 11.3 Å². The molecule has 0 aliphatic heterocycles. The third-order valence-electron chi connectivity index (χ3n) is 1.23. The second kappa shape index (κ2) is 4.95. The molecule has 1 N–H and O–H groups in total. The van der Waals surface area contributed by atoms with Gasteiger partial charge in [0.1, 0.15) is 0 Å². The van der Waals surface area contributed by atoms with E-state index in [1.165, 1.54) is 4.88 Å². The van der Waals surface area contributed by atoms with Crippen molar-refractivity contribution in [1.29, 1.82) is 0 Å². The van der Waals surface area contributed by atoms with E-state index < -0.39 is 0 Å². The summed E-state index contributed by atoms with van der Waals surface area (Å²) in [6.45, 7) is 0.783. The molecule has 2 heteroatoms. The predicted molar refractivity (Wildman–Crippen MR) is 49.7 cm³/mol. The molecule has 1 aromatic rings. The molecule has 0 radical (unpaired) electrons. The molecule has 0 amide bonds. The maximum atomic E-state index is 3.09. The van der Waals surface area contributed by atoms with Crippen molar-refractivity contribution in [2.45, 2.75) is 6.42 Å². The minimum atomic E-state index is 0.783. The Morgan fingerprint density at radius 1 is 1.55 bits per heavy atom. The summed E-state index contributed by atoms with van der Waals surface area (Å²) in [4.78, 5) is 1.34. The first kappa shape index (κ1) is 8.32. The fourth-order valence-corrected chi connectivity index (χ4v) is 1.36. The number of nitrogens with one attached hydrogen (secondary N) is 1. The fraction of sp³-hybridized carbons (Fsp3) is 0.333. The standard InChI is InChI=1S/C9H11NS/c1-10-7-3-2-5-9-6-4-8-11-9/h4,6,8,10H,5,7H2,1H3. The van der Waals surface area contributed by atoms with Crippen molar-refractivity contribution in [3.63, 3.8) is 0 Å². The first-order valence-corrected chi connectivity index (χ1v) is 4.44. The molecule has 1 nitrogen and oxygen atoms in total. The van der Waals surface area contributed by atoms with Crippen LogP contribution < -0.4 is 5.32 Å². The maximum absolute atomic E-state index is 3.09. The van der Waals surface area contributed by atoms with Gasteiger partial charge in [0.05, 0.1) is 6.54 Å². The molecule has 0 unspecified atom stereocenters. The van der Waals surface area contributed by atoms with Crippen LogP contribution in [0.3, 0.4) is 0 Å². The first-order valence-electron chi connectivity index (χ1n) is 3.56. The lowest BCUT2D eigenvalue weighted by atomic mass is 10.3. The molecule has 1 rings (SSSR count). The average molecular weight is 165 g/mol. The van der Waals surface area contributed by atoms with Crippen LogP contribution in [0.4, 0.5) is 0 Å². The molecule has 1 aromatic heterocycles. The molecule has 0 saturated heterocycles.